The van der Waals surface area contributed by atoms with E-state index in [0.29, 0.717) is 6.42 Å². The lowest BCUT2D eigenvalue weighted by atomic mass is 9.87. The smallest absolute Gasteiger partial charge is 0.143 e. The zero-order valence-corrected chi connectivity index (χ0v) is 7.68. The summed E-state index contributed by atoms with van der Waals surface area (Å²) in [4.78, 5) is 22.1. The molecule has 0 aromatic carbocycles. The largest absolute Gasteiger partial charge is 0.299 e. The second-order valence-electron chi connectivity index (χ2n) is 3.15. The molecule has 1 atom stereocenters. The van der Waals surface area contributed by atoms with Crippen LogP contribution in [0.4, 0.5) is 0 Å². The van der Waals surface area contributed by atoms with Crippen LogP contribution in [-0.2, 0) is 9.59 Å². The van der Waals surface area contributed by atoms with E-state index in [1.807, 2.05) is 13.8 Å². The third-order valence-electron chi connectivity index (χ3n) is 1.80. The maximum atomic E-state index is 11.2. The Morgan fingerprint density at radius 3 is 1.82 bits per heavy atom. The standard InChI is InChI=1S/C9H16O2/c1-5-8(11)9(6(2)3)7(4)10/h6,9H,5H2,1-4H3. The molecular formula is C9H16O2. The van der Waals surface area contributed by atoms with Gasteiger partial charge < -0.3 is 0 Å². The molecule has 0 radical (unpaired) electrons. The lowest BCUT2D eigenvalue weighted by Crippen LogP contribution is -2.26. The molecule has 0 heterocycles. The van der Waals surface area contributed by atoms with Crippen LogP contribution in [0.15, 0.2) is 0 Å². The zero-order chi connectivity index (χ0) is 9.02. The summed E-state index contributed by atoms with van der Waals surface area (Å²) in [7, 11) is 0. The van der Waals surface area contributed by atoms with Crippen LogP contribution in [0.25, 0.3) is 0 Å². The van der Waals surface area contributed by atoms with Crippen LogP contribution in [0, 0.1) is 11.8 Å². The van der Waals surface area contributed by atoms with Crippen molar-refractivity contribution in [3.63, 3.8) is 0 Å². The van der Waals surface area contributed by atoms with Gasteiger partial charge in [-0.05, 0) is 12.8 Å². The SMILES string of the molecule is CCC(=O)C(C(C)=O)C(C)C. The summed E-state index contributed by atoms with van der Waals surface area (Å²) in [6.45, 7) is 7.08. The Bertz CT molecular complexity index is 159. The first-order chi connectivity index (χ1) is 5.00. The zero-order valence-electron chi connectivity index (χ0n) is 7.68. The molecular weight excluding hydrogens is 140 g/mol. The fourth-order valence-corrected chi connectivity index (χ4v) is 1.29. The molecule has 0 aromatic rings. The van der Waals surface area contributed by atoms with Gasteiger partial charge in [-0.15, -0.1) is 0 Å². The average molecular weight is 156 g/mol. The highest BCUT2D eigenvalue weighted by Gasteiger charge is 2.24. The summed E-state index contributed by atoms with van der Waals surface area (Å²) in [5, 5.41) is 0. The first-order valence-corrected chi connectivity index (χ1v) is 4.03. The number of Topliss-reactive ketones (excluding diaryl/α,β-unsaturated/α-hetero) is 2. The van der Waals surface area contributed by atoms with Gasteiger partial charge in [0.25, 0.3) is 0 Å². The topological polar surface area (TPSA) is 34.1 Å². The van der Waals surface area contributed by atoms with Gasteiger partial charge in [0, 0.05) is 6.42 Å². The van der Waals surface area contributed by atoms with Gasteiger partial charge in [0.05, 0.1) is 5.92 Å². The van der Waals surface area contributed by atoms with Crippen molar-refractivity contribution in [3.05, 3.63) is 0 Å². The van der Waals surface area contributed by atoms with Crippen molar-refractivity contribution < 1.29 is 9.59 Å². The third kappa shape index (κ3) is 2.83. The lowest BCUT2D eigenvalue weighted by Gasteiger charge is -2.14. The second-order valence-corrected chi connectivity index (χ2v) is 3.15. The van der Waals surface area contributed by atoms with E-state index in [9.17, 15) is 9.59 Å². The van der Waals surface area contributed by atoms with Gasteiger partial charge in [-0.1, -0.05) is 20.8 Å². The predicted octanol–water partition coefficient (Wildman–Crippen LogP) is 1.83. The summed E-state index contributed by atoms with van der Waals surface area (Å²) in [6.07, 6.45) is 0.461. The highest BCUT2D eigenvalue weighted by molar-refractivity contribution is 6.01. The molecule has 0 rings (SSSR count). The van der Waals surface area contributed by atoms with Crippen molar-refractivity contribution in [3.8, 4) is 0 Å². The van der Waals surface area contributed by atoms with Gasteiger partial charge in [0.1, 0.15) is 11.6 Å². The van der Waals surface area contributed by atoms with E-state index in [2.05, 4.69) is 0 Å². The highest BCUT2D eigenvalue weighted by Crippen LogP contribution is 2.14. The van der Waals surface area contributed by atoms with Crippen LogP contribution in [0.2, 0.25) is 0 Å². The Balaban J connectivity index is 4.34. The first-order valence-electron chi connectivity index (χ1n) is 4.03. The first kappa shape index (κ1) is 10.3. The quantitative estimate of drug-likeness (QED) is 0.582. The Kier molecular flexibility index (Phi) is 4.01. The number of carbonyl (C=O) groups is 2. The van der Waals surface area contributed by atoms with Gasteiger partial charge >= 0.3 is 0 Å². The summed E-state index contributed by atoms with van der Waals surface area (Å²) in [5.74, 6) is -0.181. The number of hydrogen-bond donors (Lipinski definition) is 0. The van der Waals surface area contributed by atoms with Gasteiger partial charge in [0.15, 0.2) is 0 Å². The number of rotatable bonds is 4. The molecule has 0 N–H and O–H groups in total. The molecule has 1 unspecified atom stereocenters. The highest BCUT2D eigenvalue weighted by atomic mass is 16.1. The van der Waals surface area contributed by atoms with Crippen molar-refractivity contribution in [1.82, 2.24) is 0 Å². The van der Waals surface area contributed by atoms with Crippen LogP contribution >= 0.6 is 0 Å². The van der Waals surface area contributed by atoms with Crippen LogP contribution in [-0.4, -0.2) is 11.6 Å². The fraction of sp³-hybridized carbons (Fsp3) is 0.778. The van der Waals surface area contributed by atoms with Gasteiger partial charge in [-0.2, -0.15) is 0 Å². The molecule has 0 aromatic heterocycles. The average Bonchev–Trinajstić information content (AvgIpc) is 1.85. The third-order valence-corrected chi connectivity index (χ3v) is 1.80. The molecule has 64 valence electrons. The molecule has 0 amide bonds. The monoisotopic (exact) mass is 156 g/mol. The maximum absolute atomic E-state index is 11.2. The maximum Gasteiger partial charge on any atom is 0.143 e. The van der Waals surface area contributed by atoms with Crippen molar-refractivity contribution >= 4 is 11.6 Å². The van der Waals surface area contributed by atoms with E-state index in [4.69, 9.17) is 0 Å². The fourth-order valence-electron chi connectivity index (χ4n) is 1.29. The number of carbonyl (C=O) groups excluding carboxylic acids is 2. The minimum atomic E-state index is -0.375. The molecule has 2 heteroatoms. The predicted molar refractivity (Wildman–Crippen MR) is 44.3 cm³/mol. The van der Waals surface area contributed by atoms with Crippen molar-refractivity contribution in [2.45, 2.75) is 34.1 Å². The summed E-state index contributed by atoms with van der Waals surface area (Å²) < 4.78 is 0. The molecule has 2 nitrogen and oxygen atoms in total. The summed E-state index contributed by atoms with van der Waals surface area (Å²) in [6, 6.07) is 0. The molecule has 0 aliphatic heterocycles. The normalized spacial score (nSPS) is 13.2. The second kappa shape index (κ2) is 4.27. The van der Waals surface area contributed by atoms with Crippen LogP contribution in [0.3, 0.4) is 0 Å². The van der Waals surface area contributed by atoms with Crippen molar-refractivity contribution in [1.29, 1.82) is 0 Å². The minimum absolute atomic E-state index is 0.00755. The summed E-state index contributed by atoms with van der Waals surface area (Å²) >= 11 is 0. The van der Waals surface area contributed by atoms with Gasteiger partial charge in [-0.3, -0.25) is 9.59 Å². The Morgan fingerprint density at radius 1 is 1.27 bits per heavy atom. The minimum Gasteiger partial charge on any atom is -0.299 e. The molecule has 0 aliphatic carbocycles. The molecule has 0 aliphatic rings. The number of hydrogen-bond acceptors (Lipinski definition) is 2. The van der Waals surface area contributed by atoms with E-state index < -0.39 is 0 Å². The molecule has 0 saturated carbocycles. The molecule has 11 heavy (non-hydrogen) atoms. The van der Waals surface area contributed by atoms with Crippen LogP contribution < -0.4 is 0 Å². The van der Waals surface area contributed by atoms with Crippen LogP contribution in [0.1, 0.15) is 34.1 Å². The van der Waals surface area contributed by atoms with E-state index in [-0.39, 0.29) is 23.4 Å². The summed E-state index contributed by atoms with van der Waals surface area (Å²) in [5.41, 5.74) is 0. The Labute approximate surface area is 68.0 Å². The lowest BCUT2D eigenvalue weighted by molar-refractivity contribution is -0.133. The molecule has 0 bridgehead atoms. The van der Waals surface area contributed by atoms with E-state index in [1.165, 1.54) is 6.92 Å². The molecule has 0 spiro atoms. The molecule has 0 fully saturated rings. The van der Waals surface area contributed by atoms with Gasteiger partial charge in [0.2, 0.25) is 0 Å². The Morgan fingerprint density at radius 2 is 1.73 bits per heavy atom. The van der Waals surface area contributed by atoms with Crippen LogP contribution in [0.5, 0.6) is 0 Å². The molecule has 0 saturated heterocycles. The number of ketones is 2. The van der Waals surface area contributed by atoms with Crippen molar-refractivity contribution in [2.24, 2.45) is 11.8 Å². The van der Waals surface area contributed by atoms with E-state index in [0.717, 1.165) is 0 Å². The van der Waals surface area contributed by atoms with Gasteiger partial charge in [-0.25, -0.2) is 0 Å². The Hall–Kier alpha value is -0.660. The van der Waals surface area contributed by atoms with E-state index >= 15 is 0 Å². The van der Waals surface area contributed by atoms with Crippen molar-refractivity contribution in [2.75, 3.05) is 0 Å². The van der Waals surface area contributed by atoms with E-state index in [1.54, 1.807) is 6.92 Å².